The molecule has 0 aliphatic carbocycles. The van der Waals surface area contributed by atoms with Crippen LogP contribution in [0.2, 0.25) is 0 Å². The molecular weight excluding hydrogens is 306 g/mol. The number of amides is 1. The van der Waals surface area contributed by atoms with Crippen LogP contribution in [0.25, 0.3) is 0 Å². The Morgan fingerprint density at radius 3 is 2.50 bits per heavy atom. The molecule has 1 atom stereocenters. The van der Waals surface area contributed by atoms with E-state index in [1.54, 1.807) is 16.8 Å². The number of aromatic nitrogens is 4. The predicted molar refractivity (Wildman–Crippen MR) is 87.1 cm³/mol. The minimum atomic E-state index is -0.431. The minimum absolute atomic E-state index is 0.160. The fraction of sp³-hybridized carbons (Fsp3) is 0.176. The van der Waals surface area contributed by atoms with Crippen molar-refractivity contribution in [2.75, 3.05) is 6.61 Å². The van der Waals surface area contributed by atoms with Crippen molar-refractivity contribution in [1.82, 2.24) is 25.5 Å². The lowest BCUT2D eigenvalue weighted by molar-refractivity contribution is 0.0916. The first kappa shape index (κ1) is 15.8. The average molecular weight is 323 g/mol. The fourth-order valence-electron chi connectivity index (χ4n) is 2.36. The van der Waals surface area contributed by atoms with Crippen LogP contribution in [0.5, 0.6) is 0 Å². The molecule has 0 saturated heterocycles. The van der Waals surface area contributed by atoms with Crippen molar-refractivity contribution in [3.05, 3.63) is 77.6 Å². The number of hydrogen-bond acceptors (Lipinski definition) is 5. The van der Waals surface area contributed by atoms with Crippen molar-refractivity contribution in [2.45, 2.75) is 12.6 Å². The normalized spacial score (nSPS) is 11.9. The van der Waals surface area contributed by atoms with Gasteiger partial charge in [-0.3, -0.25) is 4.79 Å². The number of tetrazole rings is 1. The quantitative estimate of drug-likeness (QED) is 0.711. The number of carbonyl (C=O) groups excluding carboxylic acids is 1. The average Bonchev–Trinajstić information content (AvgIpc) is 3.14. The van der Waals surface area contributed by atoms with E-state index in [1.807, 2.05) is 42.5 Å². The molecule has 0 aliphatic rings. The molecule has 3 rings (SSSR count). The van der Waals surface area contributed by atoms with Gasteiger partial charge in [0.2, 0.25) is 0 Å². The Morgan fingerprint density at radius 1 is 1.12 bits per heavy atom. The zero-order valence-electron chi connectivity index (χ0n) is 12.9. The summed E-state index contributed by atoms with van der Waals surface area (Å²) in [5, 5.41) is 23.3. The van der Waals surface area contributed by atoms with Gasteiger partial charge in [-0.25, -0.2) is 4.68 Å². The highest BCUT2D eigenvalue weighted by atomic mass is 16.3. The topological polar surface area (TPSA) is 92.9 Å². The van der Waals surface area contributed by atoms with Gasteiger partial charge in [-0.05, 0) is 33.7 Å². The molecule has 0 fully saturated rings. The number of carbonyl (C=O) groups is 1. The summed E-state index contributed by atoms with van der Waals surface area (Å²) in [6.07, 6.45) is 1.53. The molecule has 1 aromatic heterocycles. The molecular formula is C17H17N5O2. The number of aliphatic hydroxyl groups is 1. The summed E-state index contributed by atoms with van der Waals surface area (Å²) in [6.45, 7) is 0.380. The smallest absolute Gasteiger partial charge is 0.251 e. The molecule has 122 valence electrons. The van der Waals surface area contributed by atoms with Crippen LogP contribution in [-0.4, -0.2) is 37.8 Å². The van der Waals surface area contributed by atoms with Crippen LogP contribution in [0, 0.1) is 0 Å². The predicted octanol–water partition coefficient (Wildman–Crippen LogP) is 1.18. The SMILES string of the molecule is O=C(NC(CO)c1ccccc1)c1ccc(Cn2cnnn2)cc1. The lowest BCUT2D eigenvalue weighted by Crippen LogP contribution is -2.30. The van der Waals surface area contributed by atoms with Gasteiger partial charge in [0.25, 0.3) is 5.91 Å². The number of nitrogens with zero attached hydrogens (tertiary/aromatic N) is 4. The maximum atomic E-state index is 12.4. The van der Waals surface area contributed by atoms with E-state index >= 15 is 0 Å². The van der Waals surface area contributed by atoms with Gasteiger partial charge in [0, 0.05) is 5.56 Å². The third-order valence-electron chi connectivity index (χ3n) is 3.64. The molecule has 2 N–H and O–H groups in total. The molecule has 1 unspecified atom stereocenters. The Kier molecular flexibility index (Phi) is 4.93. The van der Waals surface area contributed by atoms with Crippen molar-refractivity contribution in [3.8, 4) is 0 Å². The van der Waals surface area contributed by atoms with Gasteiger partial charge in [0.15, 0.2) is 0 Å². The first-order valence-corrected chi connectivity index (χ1v) is 7.52. The van der Waals surface area contributed by atoms with E-state index in [1.165, 1.54) is 6.33 Å². The third kappa shape index (κ3) is 3.82. The lowest BCUT2D eigenvalue weighted by Gasteiger charge is -2.16. The highest BCUT2D eigenvalue weighted by Gasteiger charge is 2.14. The summed E-state index contributed by atoms with van der Waals surface area (Å²) in [4.78, 5) is 12.4. The van der Waals surface area contributed by atoms with Crippen LogP contribution in [0.15, 0.2) is 60.9 Å². The van der Waals surface area contributed by atoms with E-state index in [2.05, 4.69) is 20.8 Å². The fourth-order valence-corrected chi connectivity index (χ4v) is 2.36. The van der Waals surface area contributed by atoms with Crippen LogP contribution in [0.1, 0.15) is 27.5 Å². The van der Waals surface area contributed by atoms with Gasteiger partial charge >= 0.3 is 0 Å². The van der Waals surface area contributed by atoms with E-state index in [-0.39, 0.29) is 12.5 Å². The van der Waals surface area contributed by atoms with E-state index in [9.17, 15) is 9.90 Å². The maximum Gasteiger partial charge on any atom is 0.251 e. The van der Waals surface area contributed by atoms with E-state index in [0.717, 1.165) is 11.1 Å². The number of aliphatic hydroxyl groups excluding tert-OH is 1. The number of benzene rings is 2. The molecule has 1 amide bonds. The molecule has 0 spiro atoms. The zero-order chi connectivity index (χ0) is 16.8. The molecule has 0 radical (unpaired) electrons. The van der Waals surface area contributed by atoms with Gasteiger partial charge < -0.3 is 10.4 Å². The van der Waals surface area contributed by atoms with Gasteiger partial charge in [0.1, 0.15) is 6.33 Å². The summed E-state index contributed by atoms with van der Waals surface area (Å²) in [5.74, 6) is -0.230. The van der Waals surface area contributed by atoms with Gasteiger partial charge in [-0.15, -0.1) is 5.10 Å². The Morgan fingerprint density at radius 2 is 1.88 bits per heavy atom. The van der Waals surface area contributed by atoms with Crippen molar-refractivity contribution in [1.29, 1.82) is 0 Å². The van der Waals surface area contributed by atoms with Crippen LogP contribution in [0.4, 0.5) is 0 Å². The Hall–Kier alpha value is -3.06. The highest BCUT2D eigenvalue weighted by molar-refractivity contribution is 5.94. The summed E-state index contributed by atoms with van der Waals surface area (Å²) >= 11 is 0. The third-order valence-corrected chi connectivity index (χ3v) is 3.64. The molecule has 0 aliphatic heterocycles. The zero-order valence-corrected chi connectivity index (χ0v) is 12.9. The monoisotopic (exact) mass is 323 g/mol. The van der Waals surface area contributed by atoms with Crippen molar-refractivity contribution >= 4 is 5.91 Å². The van der Waals surface area contributed by atoms with Crippen molar-refractivity contribution < 1.29 is 9.90 Å². The molecule has 24 heavy (non-hydrogen) atoms. The number of rotatable bonds is 6. The molecule has 7 heteroatoms. The van der Waals surface area contributed by atoms with E-state index < -0.39 is 6.04 Å². The van der Waals surface area contributed by atoms with Crippen LogP contribution >= 0.6 is 0 Å². The van der Waals surface area contributed by atoms with Crippen LogP contribution in [-0.2, 0) is 6.54 Å². The molecule has 7 nitrogen and oxygen atoms in total. The molecule has 2 aromatic carbocycles. The second-order valence-corrected chi connectivity index (χ2v) is 5.32. The second kappa shape index (κ2) is 7.47. The number of hydrogen-bond donors (Lipinski definition) is 2. The molecule has 3 aromatic rings. The Bertz CT molecular complexity index is 773. The van der Waals surface area contributed by atoms with Crippen LogP contribution < -0.4 is 5.32 Å². The molecule has 0 bridgehead atoms. The minimum Gasteiger partial charge on any atom is -0.394 e. The second-order valence-electron chi connectivity index (χ2n) is 5.32. The molecule has 0 saturated carbocycles. The van der Waals surface area contributed by atoms with Crippen molar-refractivity contribution in [2.24, 2.45) is 0 Å². The van der Waals surface area contributed by atoms with Gasteiger partial charge in [-0.2, -0.15) is 0 Å². The first-order valence-electron chi connectivity index (χ1n) is 7.52. The largest absolute Gasteiger partial charge is 0.394 e. The lowest BCUT2D eigenvalue weighted by atomic mass is 10.1. The highest BCUT2D eigenvalue weighted by Crippen LogP contribution is 2.13. The van der Waals surface area contributed by atoms with Gasteiger partial charge in [0.05, 0.1) is 19.2 Å². The van der Waals surface area contributed by atoms with E-state index in [0.29, 0.717) is 12.1 Å². The van der Waals surface area contributed by atoms with E-state index in [4.69, 9.17) is 0 Å². The summed E-state index contributed by atoms with van der Waals surface area (Å²) in [5.41, 5.74) is 2.38. The summed E-state index contributed by atoms with van der Waals surface area (Å²) < 4.78 is 1.60. The van der Waals surface area contributed by atoms with Crippen LogP contribution in [0.3, 0.4) is 0 Å². The Balaban J connectivity index is 1.66. The van der Waals surface area contributed by atoms with Gasteiger partial charge in [-0.1, -0.05) is 42.5 Å². The Labute approximate surface area is 138 Å². The number of nitrogens with one attached hydrogen (secondary N) is 1. The standard InChI is InChI=1S/C17H17N5O2/c23-11-16(14-4-2-1-3-5-14)19-17(24)15-8-6-13(7-9-15)10-22-12-18-20-21-22/h1-9,12,16,23H,10-11H2,(H,19,24). The summed E-state index contributed by atoms with van der Waals surface area (Å²) in [6, 6.07) is 16.1. The molecule has 1 heterocycles. The maximum absolute atomic E-state index is 12.4. The van der Waals surface area contributed by atoms with Crippen molar-refractivity contribution in [3.63, 3.8) is 0 Å². The first-order chi connectivity index (χ1) is 11.8. The summed E-state index contributed by atoms with van der Waals surface area (Å²) in [7, 11) is 0.